The van der Waals surface area contributed by atoms with E-state index >= 15 is 0 Å². The number of benzene rings is 1. The fraction of sp³-hybridized carbons (Fsp3) is 0.524. The van der Waals surface area contributed by atoms with Crippen molar-refractivity contribution in [1.82, 2.24) is 4.90 Å². The first-order valence-corrected chi connectivity index (χ1v) is 10.4. The second-order valence-electron chi connectivity index (χ2n) is 7.76. The van der Waals surface area contributed by atoms with E-state index in [1.165, 1.54) is 0 Å². The van der Waals surface area contributed by atoms with Gasteiger partial charge in [-0.25, -0.2) is 0 Å². The van der Waals surface area contributed by atoms with Crippen LogP contribution in [0, 0.1) is 5.92 Å². The van der Waals surface area contributed by atoms with E-state index in [9.17, 15) is 9.90 Å². The van der Waals surface area contributed by atoms with Crippen molar-refractivity contribution < 1.29 is 19.9 Å². The summed E-state index contributed by atoms with van der Waals surface area (Å²) < 4.78 is 0. The molecular weight excluding hydrogens is 391 g/mol. The fourth-order valence-electron chi connectivity index (χ4n) is 3.98. The lowest BCUT2D eigenvalue weighted by Crippen LogP contribution is -2.56. The molecule has 0 saturated carbocycles. The maximum absolute atomic E-state index is 11.9. The van der Waals surface area contributed by atoms with E-state index in [0.717, 1.165) is 11.3 Å². The molecule has 2 rings (SSSR count). The number of hydrogen-bond donors (Lipinski definition) is 4. The van der Waals surface area contributed by atoms with E-state index in [2.05, 4.69) is 17.2 Å². The normalized spacial score (nSPS) is 16.8. The Balaban J connectivity index is 1.94. The van der Waals surface area contributed by atoms with E-state index in [1.807, 2.05) is 24.3 Å². The third kappa shape index (κ3) is 6.63. The first-order valence-electron chi connectivity index (χ1n) is 10.0. The van der Waals surface area contributed by atoms with Crippen LogP contribution in [0.4, 0.5) is 0 Å². The number of carboxylic acids is 1. The molecule has 6 nitrogen and oxygen atoms in total. The van der Waals surface area contributed by atoms with Gasteiger partial charge in [-0.15, -0.1) is 5.73 Å². The Morgan fingerprint density at radius 3 is 2.41 bits per heavy atom. The molecule has 5 N–H and O–H groups in total. The Morgan fingerprint density at radius 1 is 1.28 bits per heavy atom. The van der Waals surface area contributed by atoms with Crippen LogP contribution in [0.25, 0.3) is 0 Å². The number of piperidine rings is 1. The quantitative estimate of drug-likeness (QED) is 0.263. The zero-order chi connectivity index (χ0) is 21.4. The van der Waals surface area contributed by atoms with Crippen LogP contribution in [0.3, 0.4) is 0 Å². The van der Waals surface area contributed by atoms with Crippen molar-refractivity contribution in [1.29, 1.82) is 0 Å². The number of carbonyl (C=O) groups is 1. The average Bonchev–Trinajstić information content (AvgIpc) is 2.70. The highest BCUT2D eigenvalue weighted by Crippen LogP contribution is 2.32. The highest BCUT2D eigenvalue weighted by Gasteiger charge is 2.43. The molecule has 8 heteroatoms. The molecule has 0 spiro atoms. The number of rotatable bonds is 10. The van der Waals surface area contributed by atoms with E-state index in [4.69, 9.17) is 27.4 Å². The van der Waals surface area contributed by atoms with Gasteiger partial charge in [0, 0.05) is 24.5 Å². The van der Waals surface area contributed by atoms with E-state index in [1.54, 1.807) is 0 Å². The predicted octanol–water partition coefficient (Wildman–Crippen LogP) is 2.69. The van der Waals surface area contributed by atoms with Crippen molar-refractivity contribution in [2.45, 2.75) is 50.4 Å². The summed E-state index contributed by atoms with van der Waals surface area (Å²) in [4.78, 5) is 14.1. The van der Waals surface area contributed by atoms with Crippen LogP contribution in [0.1, 0.15) is 37.7 Å². The largest absolute Gasteiger partial charge is 0.480 e. The molecule has 29 heavy (non-hydrogen) atoms. The molecule has 1 heterocycles. The van der Waals surface area contributed by atoms with Gasteiger partial charge < -0.3 is 25.8 Å². The van der Waals surface area contributed by atoms with Gasteiger partial charge >= 0.3 is 13.1 Å². The van der Waals surface area contributed by atoms with Crippen LogP contribution in [0.2, 0.25) is 11.3 Å². The molecule has 158 valence electrons. The molecule has 1 atom stereocenters. The van der Waals surface area contributed by atoms with Crippen LogP contribution in [-0.2, 0) is 11.2 Å². The summed E-state index contributed by atoms with van der Waals surface area (Å²) in [6, 6.07) is 7.67. The minimum atomic E-state index is -1.36. The molecule has 1 aromatic rings. The number of unbranched alkanes of at least 4 members (excludes halogenated alkanes) is 1. The lowest BCUT2D eigenvalue weighted by atomic mass is 9.74. The van der Waals surface area contributed by atoms with Crippen LogP contribution in [0.5, 0.6) is 0 Å². The van der Waals surface area contributed by atoms with Crippen molar-refractivity contribution in [2.24, 2.45) is 11.7 Å². The number of likely N-dealkylation sites (tertiary alicyclic amines) is 1. The first kappa shape index (κ1) is 23.5. The third-order valence-electron chi connectivity index (χ3n) is 5.80. The SMILES string of the molecule is C=C=C(Cc1ccc(Cl)cc1)N1CCC(C(N)(CCCCB(O)O)C(=O)O)CC1. The van der Waals surface area contributed by atoms with Crippen LogP contribution >= 0.6 is 11.6 Å². The molecule has 0 amide bonds. The molecule has 1 aliphatic heterocycles. The van der Waals surface area contributed by atoms with Crippen molar-refractivity contribution >= 4 is 24.7 Å². The monoisotopic (exact) mass is 420 g/mol. The number of allylic oxidation sites excluding steroid dienone is 1. The molecular formula is C21H30BClN2O4. The van der Waals surface area contributed by atoms with Gasteiger partial charge in [-0.3, -0.25) is 4.79 Å². The highest BCUT2D eigenvalue weighted by atomic mass is 35.5. The predicted molar refractivity (Wildman–Crippen MR) is 116 cm³/mol. The number of nitrogens with zero attached hydrogens (tertiary/aromatic N) is 1. The minimum Gasteiger partial charge on any atom is -0.480 e. The smallest absolute Gasteiger partial charge is 0.451 e. The number of halogens is 1. The van der Waals surface area contributed by atoms with Crippen molar-refractivity contribution in [3.8, 4) is 0 Å². The van der Waals surface area contributed by atoms with Crippen molar-refractivity contribution in [2.75, 3.05) is 13.1 Å². The maximum Gasteiger partial charge on any atom is 0.451 e. The molecule has 1 fully saturated rings. The first-order chi connectivity index (χ1) is 13.8. The van der Waals surface area contributed by atoms with E-state index in [0.29, 0.717) is 56.6 Å². The summed E-state index contributed by atoms with van der Waals surface area (Å²) in [6.45, 7) is 5.23. The molecule has 0 aliphatic carbocycles. The summed E-state index contributed by atoms with van der Waals surface area (Å²) in [5.74, 6) is -1.11. The molecule has 1 aromatic carbocycles. The second-order valence-corrected chi connectivity index (χ2v) is 8.20. The Hall–Kier alpha value is -1.76. The van der Waals surface area contributed by atoms with Crippen LogP contribution < -0.4 is 5.73 Å². The third-order valence-corrected chi connectivity index (χ3v) is 6.05. The molecule has 0 aromatic heterocycles. The molecule has 1 saturated heterocycles. The van der Waals surface area contributed by atoms with Gasteiger partial charge in [-0.2, -0.15) is 0 Å². The van der Waals surface area contributed by atoms with Gasteiger partial charge in [0.15, 0.2) is 0 Å². The zero-order valence-corrected chi connectivity index (χ0v) is 17.4. The zero-order valence-electron chi connectivity index (χ0n) is 16.7. The topological polar surface area (TPSA) is 107 Å². The summed E-state index contributed by atoms with van der Waals surface area (Å²) >= 11 is 5.95. The summed E-state index contributed by atoms with van der Waals surface area (Å²) in [5.41, 5.74) is 10.2. The number of hydrogen-bond acceptors (Lipinski definition) is 5. The lowest BCUT2D eigenvalue weighted by molar-refractivity contribution is -0.146. The number of nitrogens with two attached hydrogens (primary N) is 1. The van der Waals surface area contributed by atoms with E-state index < -0.39 is 18.6 Å². The Morgan fingerprint density at radius 2 is 1.90 bits per heavy atom. The molecule has 0 radical (unpaired) electrons. The maximum atomic E-state index is 11.9. The van der Waals surface area contributed by atoms with Gasteiger partial charge in [-0.1, -0.05) is 43.2 Å². The Bertz CT molecular complexity index is 729. The Kier molecular flexibility index (Phi) is 8.81. The number of carboxylic acid groups (broad SMARTS) is 1. The molecule has 1 unspecified atom stereocenters. The van der Waals surface area contributed by atoms with Gasteiger partial charge in [-0.05, 0) is 49.2 Å². The van der Waals surface area contributed by atoms with Crippen LogP contribution in [-0.4, -0.2) is 51.8 Å². The lowest BCUT2D eigenvalue weighted by Gasteiger charge is -2.41. The van der Waals surface area contributed by atoms with Gasteiger partial charge in [0.25, 0.3) is 0 Å². The van der Waals surface area contributed by atoms with Crippen LogP contribution in [0.15, 0.2) is 42.3 Å². The second kappa shape index (κ2) is 10.9. The standard InChI is InChI=1S/C21H30BClN2O4/c1-2-19(15-16-5-7-18(23)8-6-16)25-13-9-17(10-14-25)21(24,20(26)27)11-3-4-12-22(28)29/h5-8,17,28-29H,1,3-4,9-15,24H2,(H,26,27). The van der Waals surface area contributed by atoms with Gasteiger partial charge in [0.05, 0.1) is 5.70 Å². The molecule has 0 bridgehead atoms. The van der Waals surface area contributed by atoms with Crippen molar-refractivity contribution in [3.05, 3.63) is 52.9 Å². The fourth-order valence-corrected chi connectivity index (χ4v) is 4.10. The summed E-state index contributed by atoms with van der Waals surface area (Å²) in [5, 5.41) is 28.3. The summed E-state index contributed by atoms with van der Waals surface area (Å²) in [6.07, 6.45) is 3.69. The highest BCUT2D eigenvalue weighted by molar-refractivity contribution is 6.40. The number of aliphatic carboxylic acids is 1. The Labute approximate surface area is 177 Å². The average molecular weight is 421 g/mol. The molecule has 1 aliphatic rings. The van der Waals surface area contributed by atoms with Gasteiger partial charge in [0.2, 0.25) is 0 Å². The van der Waals surface area contributed by atoms with E-state index in [-0.39, 0.29) is 12.2 Å². The van der Waals surface area contributed by atoms with Crippen molar-refractivity contribution in [3.63, 3.8) is 0 Å². The minimum absolute atomic E-state index is 0.128. The van der Waals surface area contributed by atoms with Gasteiger partial charge in [0.1, 0.15) is 5.54 Å². The summed E-state index contributed by atoms with van der Waals surface area (Å²) in [7, 11) is -1.36.